The van der Waals surface area contributed by atoms with Crippen LogP contribution in [-0.4, -0.2) is 107 Å². The van der Waals surface area contributed by atoms with E-state index in [1.165, 1.54) is 0 Å². The van der Waals surface area contributed by atoms with E-state index in [-0.39, 0.29) is 119 Å². The third kappa shape index (κ3) is 9.69. The molecule has 14 heteroatoms. The fourth-order valence-corrected chi connectivity index (χ4v) is 7.61. The van der Waals surface area contributed by atoms with Gasteiger partial charge >= 0.3 is 5.97 Å². The average Bonchev–Trinajstić information content (AvgIpc) is 3.18. The summed E-state index contributed by atoms with van der Waals surface area (Å²) >= 11 is 0. The second kappa shape index (κ2) is 22.9. The Kier molecular flexibility index (Phi) is 20.1. The van der Waals surface area contributed by atoms with Crippen molar-refractivity contribution in [1.82, 2.24) is 0 Å². The minimum absolute atomic E-state index is 0.00282. The van der Waals surface area contributed by atoms with Crippen LogP contribution in [0.4, 0.5) is 0 Å². The van der Waals surface area contributed by atoms with Gasteiger partial charge in [-0.2, -0.15) is 0 Å². The van der Waals surface area contributed by atoms with Crippen molar-refractivity contribution in [3.05, 3.63) is 42.0 Å². The summed E-state index contributed by atoms with van der Waals surface area (Å²) in [5.74, 6) is -6.41. The molecule has 0 N–H and O–H groups in total. The number of ether oxygens (including phenoxy) is 12. The Morgan fingerprint density at radius 2 is 0.949 bits per heavy atom. The van der Waals surface area contributed by atoms with Gasteiger partial charge in [0.2, 0.25) is 23.0 Å². The first kappa shape index (κ1) is 51.6. The fraction of sp³-hybridized carbons (Fsp3) is 0.689. The molecule has 336 valence electrons. The van der Waals surface area contributed by atoms with Gasteiger partial charge in [-0.1, -0.05) is 27.0 Å². The lowest BCUT2D eigenvalue weighted by Crippen LogP contribution is -2.85. The van der Waals surface area contributed by atoms with Crippen LogP contribution in [0.3, 0.4) is 0 Å². The maximum atomic E-state index is 13.3. The number of hydrogen-bond donors (Lipinski definition) is 0. The molecule has 14 nitrogen and oxygen atoms in total. The van der Waals surface area contributed by atoms with Crippen molar-refractivity contribution in [3.63, 3.8) is 0 Å². The zero-order valence-corrected chi connectivity index (χ0v) is 38.3. The number of benzene rings is 1. The summed E-state index contributed by atoms with van der Waals surface area (Å²) in [6, 6.07) is 0. The van der Waals surface area contributed by atoms with Crippen LogP contribution in [0.1, 0.15) is 109 Å². The lowest BCUT2D eigenvalue weighted by molar-refractivity contribution is -0.516. The molecule has 1 aromatic carbocycles. The Bertz CT molecular complexity index is 1550. The van der Waals surface area contributed by atoms with Gasteiger partial charge < -0.3 is 56.8 Å². The molecule has 0 saturated heterocycles. The normalized spacial score (nSPS) is 19.6. The van der Waals surface area contributed by atoms with E-state index in [4.69, 9.17) is 56.8 Å². The summed E-state index contributed by atoms with van der Waals surface area (Å²) in [7, 11) is 0. The molecule has 2 unspecified atom stereocenters. The van der Waals surface area contributed by atoms with E-state index in [0.717, 1.165) is 0 Å². The minimum Gasteiger partial charge on any atom is -0.489 e. The van der Waals surface area contributed by atoms with Crippen molar-refractivity contribution in [3.8, 4) is 28.7 Å². The highest BCUT2D eigenvalue weighted by Crippen LogP contribution is 2.65. The molecule has 1 aromatic rings. The van der Waals surface area contributed by atoms with Crippen LogP contribution >= 0.6 is 0 Å². The highest BCUT2D eigenvalue weighted by Gasteiger charge is 2.82. The molecule has 0 heterocycles. The second-order valence-electron chi connectivity index (χ2n) is 13.9. The van der Waals surface area contributed by atoms with E-state index in [2.05, 4.69) is 13.2 Å². The SMILES string of the molecule is C=C(C)C(=O)CCOC1(OCC)C=CC(OCC)(C(C)(C)c2c(OCC)c(OCC)c(OC(=O)C(=C)C)c(OCC)c2OCC)C(OCC)(OCC)C1(OCC)OCC. The maximum Gasteiger partial charge on any atom is 0.338 e. The maximum absolute atomic E-state index is 13.3. The molecular formula is C45H72O14. The quantitative estimate of drug-likeness (QED) is 0.0251. The second-order valence-corrected chi connectivity index (χ2v) is 13.9. The monoisotopic (exact) mass is 836 g/mol. The summed E-state index contributed by atoms with van der Waals surface area (Å²) < 4.78 is 80.0. The van der Waals surface area contributed by atoms with Crippen molar-refractivity contribution in [2.75, 3.05) is 72.7 Å². The van der Waals surface area contributed by atoms with Crippen molar-refractivity contribution >= 4 is 11.8 Å². The molecule has 2 rings (SSSR count). The molecule has 2 atom stereocenters. The number of Topliss-reactive ketones (excluding diaryl/α,β-unsaturated/α-hetero) is 1. The molecule has 0 amide bonds. The number of hydrogen-bond acceptors (Lipinski definition) is 14. The zero-order chi connectivity index (χ0) is 44.7. The van der Waals surface area contributed by atoms with Crippen LogP contribution in [0.2, 0.25) is 0 Å². The molecule has 0 fully saturated rings. The van der Waals surface area contributed by atoms with E-state index in [0.29, 0.717) is 11.1 Å². The van der Waals surface area contributed by atoms with Crippen LogP contribution in [0.5, 0.6) is 28.7 Å². The first-order valence-electron chi connectivity index (χ1n) is 21.0. The zero-order valence-electron chi connectivity index (χ0n) is 38.3. The van der Waals surface area contributed by atoms with Gasteiger partial charge in [0, 0.05) is 57.1 Å². The van der Waals surface area contributed by atoms with Gasteiger partial charge in [-0.05, 0) is 101 Å². The molecular weight excluding hydrogens is 764 g/mol. The first-order valence-corrected chi connectivity index (χ1v) is 21.0. The largest absolute Gasteiger partial charge is 0.489 e. The Hall–Kier alpha value is -3.50. The van der Waals surface area contributed by atoms with Gasteiger partial charge in [0.1, 0.15) is 0 Å². The molecule has 1 aliphatic rings. The van der Waals surface area contributed by atoms with Crippen molar-refractivity contribution in [2.24, 2.45) is 0 Å². The molecule has 0 spiro atoms. The minimum atomic E-state index is -2.10. The third-order valence-corrected chi connectivity index (χ3v) is 9.69. The van der Waals surface area contributed by atoms with Crippen molar-refractivity contribution in [2.45, 2.75) is 132 Å². The molecule has 0 saturated carbocycles. The van der Waals surface area contributed by atoms with E-state index in [1.807, 2.05) is 69.2 Å². The topological polar surface area (TPSA) is 145 Å². The number of carbonyl (C=O) groups is 2. The molecule has 0 aliphatic heterocycles. The van der Waals surface area contributed by atoms with Gasteiger partial charge in [-0.3, -0.25) is 4.79 Å². The highest BCUT2D eigenvalue weighted by molar-refractivity contribution is 5.94. The Balaban J connectivity index is 3.54. The molecule has 0 radical (unpaired) electrons. The van der Waals surface area contributed by atoms with Gasteiger partial charge in [0.25, 0.3) is 11.6 Å². The summed E-state index contributed by atoms with van der Waals surface area (Å²) in [5.41, 5.74) is -2.19. The van der Waals surface area contributed by atoms with Crippen molar-refractivity contribution < 1.29 is 66.4 Å². The molecule has 59 heavy (non-hydrogen) atoms. The van der Waals surface area contributed by atoms with Crippen LogP contribution in [0.15, 0.2) is 36.5 Å². The Morgan fingerprint density at radius 1 is 0.525 bits per heavy atom. The van der Waals surface area contributed by atoms with Gasteiger partial charge in [0.15, 0.2) is 22.9 Å². The average molecular weight is 837 g/mol. The predicted octanol–water partition coefficient (Wildman–Crippen LogP) is 8.21. The lowest BCUT2D eigenvalue weighted by Gasteiger charge is -2.65. The molecule has 1 aliphatic carbocycles. The summed E-state index contributed by atoms with van der Waals surface area (Å²) in [4.78, 5) is 26.1. The number of carbonyl (C=O) groups excluding carboxylic acids is 2. The van der Waals surface area contributed by atoms with Crippen LogP contribution < -0.4 is 23.7 Å². The predicted molar refractivity (Wildman–Crippen MR) is 225 cm³/mol. The Labute approximate surface area is 352 Å². The molecule has 0 bridgehead atoms. The summed E-state index contributed by atoms with van der Waals surface area (Å²) in [5, 5.41) is 0. The van der Waals surface area contributed by atoms with E-state index in [1.54, 1.807) is 39.8 Å². The van der Waals surface area contributed by atoms with Crippen LogP contribution in [-0.2, 0) is 48.2 Å². The summed E-state index contributed by atoms with van der Waals surface area (Å²) in [6.45, 7) is 33.9. The smallest absolute Gasteiger partial charge is 0.338 e. The van der Waals surface area contributed by atoms with Gasteiger partial charge in [0.05, 0.1) is 38.6 Å². The summed E-state index contributed by atoms with van der Waals surface area (Å²) in [6.07, 6.45) is 3.48. The van der Waals surface area contributed by atoms with Gasteiger partial charge in [-0.25, -0.2) is 4.79 Å². The van der Waals surface area contributed by atoms with Gasteiger partial charge in [-0.15, -0.1) is 0 Å². The van der Waals surface area contributed by atoms with Crippen LogP contribution in [0.25, 0.3) is 0 Å². The van der Waals surface area contributed by atoms with E-state index < -0.39 is 34.3 Å². The molecule has 0 aromatic heterocycles. The number of rotatable bonds is 29. The highest BCUT2D eigenvalue weighted by atomic mass is 16.8. The standard InChI is InChI=1S/C45H72O14/c1-17-48-35-34(36(49-18-2)38(51-20-4)39(37(35)50-19-3)59-40(47)32(13)14)41(15,16)42(52-21-5)28-29-43(53-22-6,58-30-27-33(46)31(11)12)45(56-25-9,57-26-10)44(42,54-23-7)55-24-8/h28-29H,11,13,17-27,30H2,1-10,12,14-16H3. The number of allylic oxidation sites excluding steroid dienone is 1. The first-order chi connectivity index (χ1) is 28.0. The fourth-order valence-electron chi connectivity index (χ4n) is 7.61. The van der Waals surface area contributed by atoms with E-state index >= 15 is 0 Å². The Morgan fingerprint density at radius 3 is 1.34 bits per heavy atom. The van der Waals surface area contributed by atoms with Crippen LogP contribution in [0, 0.1) is 0 Å². The lowest BCUT2D eigenvalue weighted by atomic mass is 9.59. The van der Waals surface area contributed by atoms with E-state index in [9.17, 15) is 9.59 Å². The van der Waals surface area contributed by atoms with Crippen molar-refractivity contribution in [1.29, 1.82) is 0 Å². The third-order valence-electron chi connectivity index (χ3n) is 9.69. The number of ketones is 1. The number of esters is 1.